The average Bonchev–Trinajstić information content (AvgIpc) is 3.16. The molecule has 4 rings (SSSR count). The number of nitrogens with zero attached hydrogens (tertiary/aromatic N) is 4. The van der Waals surface area contributed by atoms with E-state index >= 15 is 0 Å². The predicted molar refractivity (Wildman–Crippen MR) is 144 cm³/mol. The van der Waals surface area contributed by atoms with Crippen LogP contribution in [0.4, 0.5) is 17.6 Å². The normalized spacial score (nSPS) is 18.8. The van der Waals surface area contributed by atoms with Gasteiger partial charge >= 0.3 is 0 Å². The molecule has 1 amide bonds. The van der Waals surface area contributed by atoms with Gasteiger partial charge in [0.2, 0.25) is 17.8 Å². The first-order valence-electron chi connectivity index (χ1n) is 12.1. The van der Waals surface area contributed by atoms with E-state index in [2.05, 4.69) is 22.5 Å². The lowest BCUT2D eigenvalue weighted by Gasteiger charge is -2.26. The molecule has 1 saturated carbocycles. The number of hydrogen-bond donors (Lipinski definition) is 4. The quantitative estimate of drug-likeness (QED) is 0.247. The Labute approximate surface area is 224 Å². The minimum atomic E-state index is -0.369. The largest absolute Gasteiger partial charge is 0.393 e. The Balaban J connectivity index is 1.77. The van der Waals surface area contributed by atoms with Crippen molar-refractivity contribution in [3.05, 3.63) is 33.4 Å². The van der Waals surface area contributed by atoms with Gasteiger partial charge in [-0.25, -0.2) is 9.97 Å². The lowest BCUT2D eigenvalue weighted by atomic mass is 9.93. The topological polar surface area (TPSA) is 131 Å². The second-order valence-electron chi connectivity index (χ2n) is 9.19. The van der Waals surface area contributed by atoms with Crippen molar-refractivity contribution in [1.29, 1.82) is 0 Å². The highest BCUT2D eigenvalue weighted by molar-refractivity contribution is 6.41. The highest BCUT2D eigenvalue weighted by Gasteiger charge is 2.24. The summed E-state index contributed by atoms with van der Waals surface area (Å²) < 4.78 is 1.96. The molecule has 0 radical (unpaired) electrons. The third-order valence-electron chi connectivity index (χ3n) is 6.37. The molecule has 0 unspecified atom stereocenters. The highest BCUT2D eigenvalue weighted by Crippen LogP contribution is 2.38. The van der Waals surface area contributed by atoms with Crippen molar-refractivity contribution in [1.82, 2.24) is 19.5 Å². The maximum atomic E-state index is 11.6. The van der Waals surface area contributed by atoms with Gasteiger partial charge in [-0.05, 0) is 50.7 Å². The monoisotopic (exact) mass is 553 g/mol. The van der Waals surface area contributed by atoms with E-state index in [4.69, 9.17) is 50.5 Å². The zero-order valence-electron chi connectivity index (χ0n) is 20.0. The van der Waals surface area contributed by atoms with E-state index in [0.717, 1.165) is 32.1 Å². The number of imidazole rings is 1. The molecule has 5 N–H and O–H groups in total. The van der Waals surface area contributed by atoms with Gasteiger partial charge in [0.1, 0.15) is 5.52 Å². The molecule has 2 aromatic heterocycles. The summed E-state index contributed by atoms with van der Waals surface area (Å²) in [6, 6.07) is 3.18. The minimum absolute atomic E-state index is 0.0909. The summed E-state index contributed by atoms with van der Waals surface area (Å²) in [7, 11) is 0. The minimum Gasteiger partial charge on any atom is -0.393 e. The molecule has 1 aromatic carbocycles. The number of benzene rings is 1. The summed E-state index contributed by atoms with van der Waals surface area (Å²) in [5, 5.41) is 17.8. The molecule has 1 fully saturated rings. The summed E-state index contributed by atoms with van der Waals surface area (Å²) in [4.78, 5) is 25.6. The smallest absolute Gasteiger partial charge is 0.224 e. The molecule has 12 heteroatoms. The molecule has 0 bridgehead atoms. The van der Waals surface area contributed by atoms with Gasteiger partial charge in [-0.1, -0.05) is 48.1 Å². The summed E-state index contributed by atoms with van der Waals surface area (Å²) in [6.45, 7) is 2.08. The van der Waals surface area contributed by atoms with Crippen LogP contribution in [0.5, 0.6) is 0 Å². The van der Waals surface area contributed by atoms with Crippen LogP contribution >= 0.6 is 34.8 Å². The molecule has 1 aliphatic rings. The van der Waals surface area contributed by atoms with Crippen LogP contribution in [0.15, 0.2) is 18.3 Å². The van der Waals surface area contributed by atoms with E-state index in [1.54, 1.807) is 18.3 Å². The molecule has 36 heavy (non-hydrogen) atoms. The van der Waals surface area contributed by atoms with Crippen LogP contribution in [0.1, 0.15) is 64.3 Å². The Hall–Kier alpha value is -2.33. The molecule has 9 nitrogen and oxygen atoms in total. The number of nitrogens with one attached hydrogen (secondary N) is 2. The van der Waals surface area contributed by atoms with Gasteiger partial charge in [0.05, 0.1) is 28.0 Å². The zero-order chi connectivity index (χ0) is 25.8. The van der Waals surface area contributed by atoms with Crippen molar-refractivity contribution in [2.45, 2.75) is 76.5 Å². The number of halogens is 3. The van der Waals surface area contributed by atoms with Crippen LogP contribution in [0.25, 0.3) is 11.2 Å². The molecule has 1 aliphatic carbocycles. The molecule has 3 atom stereocenters. The lowest BCUT2D eigenvalue weighted by Crippen LogP contribution is -2.30. The molecule has 0 spiro atoms. The number of rotatable bonds is 10. The Kier molecular flexibility index (Phi) is 8.77. The van der Waals surface area contributed by atoms with E-state index in [1.807, 2.05) is 4.57 Å². The van der Waals surface area contributed by atoms with Crippen LogP contribution in [-0.2, 0) is 4.79 Å². The summed E-state index contributed by atoms with van der Waals surface area (Å²) in [5.41, 5.74) is 7.12. The first kappa shape index (κ1) is 26.7. The first-order valence-corrected chi connectivity index (χ1v) is 13.3. The Bertz CT molecular complexity index is 1210. The van der Waals surface area contributed by atoms with Crippen molar-refractivity contribution in [2.75, 3.05) is 10.6 Å². The maximum Gasteiger partial charge on any atom is 0.224 e. The fourth-order valence-corrected chi connectivity index (χ4v) is 5.60. The van der Waals surface area contributed by atoms with Crippen LogP contribution < -0.4 is 16.4 Å². The lowest BCUT2D eigenvalue weighted by molar-refractivity contribution is -0.118. The van der Waals surface area contributed by atoms with E-state index in [9.17, 15) is 9.90 Å². The summed E-state index contributed by atoms with van der Waals surface area (Å²) in [5.74, 6) is 0.562. The Morgan fingerprint density at radius 1 is 1.22 bits per heavy atom. The number of aliphatic hydroxyl groups is 1. The van der Waals surface area contributed by atoms with Gasteiger partial charge in [0, 0.05) is 23.5 Å². The Morgan fingerprint density at radius 3 is 2.64 bits per heavy atom. The summed E-state index contributed by atoms with van der Waals surface area (Å²) in [6.07, 6.45) is 7.09. The molecular formula is C24H30Cl3N7O2. The van der Waals surface area contributed by atoms with Gasteiger partial charge in [-0.15, -0.1) is 0 Å². The first-order chi connectivity index (χ1) is 17.2. The fourth-order valence-electron chi connectivity index (χ4n) is 4.69. The number of primary amides is 1. The SMILES string of the molecule is CCC[C@@H](CCC(N)=O)n1c(Nc2c(Cl)cc(Cl)cc2Cl)nc2cnc(N[C@@H]3CCC[C@H](O)C3)nc21. The Morgan fingerprint density at radius 2 is 1.97 bits per heavy atom. The van der Waals surface area contributed by atoms with E-state index < -0.39 is 0 Å². The number of amides is 1. The number of aliphatic hydroxyl groups excluding tert-OH is 1. The molecule has 2 heterocycles. The number of carbonyl (C=O) groups excluding carboxylic acids is 1. The molecule has 194 valence electrons. The van der Waals surface area contributed by atoms with E-state index in [0.29, 0.717) is 56.7 Å². The van der Waals surface area contributed by atoms with Crippen LogP contribution in [0.3, 0.4) is 0 Å². The summed E-state index contributed by atoms with van der Waals surface area (Å²) >= 11 is 19.0. The molecule has 0 aliphatic heterocycles. The van der Waals surface area contributed by atoms with Crippen LogP contribution in [0.2, 0.25) is 15.1 Å². The van der Waals surface area contributed by atoms with Crippen molar-refractivity contribution >= 4 is 69.5 Å². The van der Waals surface area contributed by atoms with Gasteiger partial charge in [-0.3, -0.25) is 9.36 Å². The van der Waals surface area contributed by atoms with Gasteiger partial charge in [0.25, 0.3) is 0 Å². The highest BCUT2D eigenvalue weighted by atomic mass is 35.5. The van der Waals surface area contributed by atoms with Crippen LogP contribution in [0, 0.1) is 0 Å². The number of anilines is 3. The maximum absolute atomic E-state index is 11.6. The van der Waals surface area contributed by atoms with Crippen molar-refractivity contribution < 1.29 is 9.90 Å². The van der Waals surface area contributed by atoms with E-state index in [-0.39, 0.29) is 30.5 Å². The van der Waals surface area contributed by atoms with Crippen LogP contribution in [-0.4, -0.2) is 42.7 Å². The fraction of sp³-hybridized carbons (Fsp3) is 0.500. The van der Waals surface area contributed by atoms with E-state index in [1.165, 1.54) is 0 Å². The van der Waals surface area contributed by atoms with Crippen molar-refractivity contribution in [3.63, 3.8) is 0 Å². The third kappa shape index (κ3) is 6.32. The number of hydrogen-bond acceptors (Lipinski definition) is 7. The van der Waals surface area contributed by atoms with Gasteiger partial charge in [0.15, 0.2) is 5.65 Å². The number of carbonyl (C=O) groups is 1. The number of nitrogens with two attached hydrogens (primary N) is 1. The molecule has 3 aromatic rings. The number of fused-ring (bicyclic) bond motifs is 1. The third-order valence-corrected chi connectivity index (χ3v) is 7.18. The van der Waals surface area contributed by atoms with Crippen molar-refractivity contribution in [3.8, 4) is 0 Å². The van der Waals surface area contributed by atoms with Gasteiger partial charge < -0.3 is 21.5 Å². The predicted octanol–water partition coefficient (Wildman–Crippen LogP) is 5.85. The second kappa shape index (κ2) is 11.8. The number of aromatic nitrogens is 4. The second-order valence-corrected chi connectivity index (χ2v) is 10.4. The molecule has 0 saturated heterocycles. The molecular weight excluding hydrogens is 525 g/mol. The van der Waals surface area contributed by atoms with Crippen molar-refractivity contribution in [2.24, 2.45) is 5.73 Å². The standard InChI is InChI=1S/C24H30Cl3N7O2/c1-2-4-15(7-8-20(28)36)34-22-19(12-29-23(33-22)30-14-5-3-6-16(35)11-14)31-24(34)32-21-17(26)9-13(25)10-18(21)27/h9-10,12,14-16,35H,2-8,11H2,1H3,(H2,28,36)(H,31,32)(H,29,30,33)/t14-,15+,16+/m1/s1. The zero-order valence-corrected chi connectivity index (χ0v) is 22.2. The van der Waals surface area contributed by atoms with Gasteiger partial charge in [-0.2, -0.15) is 4.98 Å². The average molecular weight is 555 g/mol.